The Kier molecular flexibility index (Phi) is 3.51. The van der Waals surface area contributed by atoms with Crippen molar-refractivity contribution in [3.8, 4) is 0 Å². The summed E-state index contributed by atoms with van der Waals surface area (Å²) >= 11 is 1.97. The molecule has 3 aliphatic rings. The van der Waals surface area contributed by atoms with Gasteiger partial charge in [-0.2, -0.15) is 0 Å². The van der Waals surface area contributed by atoms with E-state index in [0.717, 1.165) is 30.3 Å². The van der Waals surface area contributed by atoms with Gasteiger partial charge in [0.15, 0.2) is 0 Å². The van der Waals surface area contributed by atoms with Crippen molar-refractivity contribution in [2.45, 2.75) is 59.5 Å². The minimum Gasteiger partial charge on any atom is -0.309 e. The van der Waals surface area contributed by atoms with Crippen molar-refractivity contribution in [2.75, 3.05) is 0 Å². The van der Waals surface area contributed by atoms with Crippen LogP contribution in [-0.4, -0.2) is 6.04 Å². The van der Waals surface area contributed by atoms with Crippen LogP contribution in [-0.2, 0) is 13.0 Å². The van der Waals surface area contributed by atoms with E-state index in [9.17, 15) is 0 Å². The molecule has 0 radical (unpaired) electrons. The van der Waals surface area contributed by atoms with E-state index in [1.807, 2.05) is 11.3 Å². The van der Waals surface area contributed by atoms with Gasteiger partial charge in [0.05, 0.1) is 0 Å². The summed E-state index contributed by atoms with van der Waals surface area (Å²) in [7, 11) is 0. The van der Waals surface area contributed by atoms with E-state index in [1.54, 1.807) is 0 Å². The molecule has 1 aromatic rings. The predicted octanol–water partition coefficient (Wildman–Crippen LogP) is 4.47. The standard InChI is InChI=1S/C17H27NS/c1-5-13-6-7-14(19-13)10-18-16-9-12-8-15(11(16)2)17(12,3)4/h6-7,11-12,15-16,18H,5,8-10H2,1-4H3. The SMILES string of the molecule is CCc1ccc(CNC2CC3CC(C2C)C3(C)C)s1. The third-order valence-corrected chi connectivity index (χ3v) is 7.19. The van der Waals surface area contributed by atoms with Gasteiger partial charge in [-0.25, -0.2) is 0 Å². The van der Waals surface area contributed by atoms with Crippen molar-refractivity contribution in [3.05, 3.63) is 21.9 Å². The fourth-order valence-electron chi connectivity index (χ4n) is 4.36. The summed E-state index contributed by atoms with van der Waals surface area (Å²) in [6.07, 6.45) is 4.03. The molecule has 0 saturated heterocycles. The Labute approximate surface area is 121 Å². The van der Waals surface area contributed by atoms with Gasteiger partial charge in [-0.1, -0.05) is 27.7 Å². The van der Waals surface area contributed by atoms with Crippen LogP contribution in [0.5, 0.6) is 0 Å². The molecule has 1 heterocycles. The van der Waals surface area contributed by atoms with Crippen molar-refractivity contribution < 1.29 is 0 Å². The average Bonchev–Trinajstić information content (AvgIpc) is 2.84. The van der Waals surface area contributed by atoms with Crippen LogP contribution in [0.1, 0.15) is 50.3 Å². The molecule has 3 saturated carbocycles. The van der Waals surface area contributed by atoms with Crippen molar-refractivity contribution in [1.29, 1.82) is 0 Å². The Morgan fingerprint density at radius 1 is 1.26 bits per heavy atom. The molecule has 3 fully saturated rings. The first-order valence-electron chi connectivity index (χ1n) is 7.83. The third-order valence-electron chi connectivity index (χ3n) is 5.96. The maximum atomic E-state index is 3.83. The largest absolute Gasteiger partial charge is 0.309 e. The van der Waals surface area contributed by atoms with Gasteiger partial charge in [0.25, 0.3) is 0 Å². The van der Waals surface area contributed by atoms with Crippen LogP contribution >= 0.6 is 11.3 Å². The van der Waals surface area contributed by atoms with Crippen molar-refractivity contribution in [2.24, 2.45) is 23.2 Å². The number of fused-ring (bicyclic) bond motifs is 2. The zero-order valence-corrected chi connectivity index (χ0v) is 13.5. The molecule has 0 spiro atoms. The van der Waals surface area contributed by atoms with Crippen LogP contribution in [0.3, 0.4) is 0 Å². The molecule has 4 unspecified atom stereocenters. The molecule has 2 heteroatoms. The van der Waals surface area contributed by atoms with Crippen molar-refractivity contribution in [1.82, 2.24) is 5.32 Å². The Balaban J connectivity index is 1.57. The van der Waals surface area contributed by atoms with E-state index in [2.05, 4.69) is 45.1 Å². The summed E-state index contributed by atoms with van der Waals surface area (Å²) in [5.74, 6) is 2.74. The quantitative estimate of drug-likeness (QED) is 0.856. The maximum Gasteiger partial charge on any atom is 0.0302 e. The lowest BCUT2D eigenvalue weighted by molar-refractivity contribution is -0.115. The lowest BCUT2D eigenvalue weighted by Gasteiger charge is -2.62. The Morgan fingerprint density at radius 2 is 2.00 bits per heavy atom. The lowest BCUT2D eigenvalue weighted by atomic mass is 9.45. The normalized spacial score (nSPS) is 36.0. The molecule has 1 aromatic heterocycles. The summed E-state index contributed by atoms with van der Waals surface area (Å²) in [5, 5.41) is 3.83. The van der Waals surface area contributed by atoms with E-state index in [4.69, 9.17) is 0 Å². The van der Waals surface area contributed by atoms with E-state index in [0.29, 0.717) is 5.41 Å². The molecule has 19 heavy (non-hydrogen) atoms. The lowest BCUT2D eigenvalue weighted by Crippen LogP contribution is -2.59. The summed E-state index contributed by atoms with van der Waals surface area (Å²) in [4.78, 5) is 3.01. The van der Waals surface area contributed by atoms with Gasteiger partial charge in [0.1, 0.15) is 0 Å². The van der Waals surface area contributed by atoms with E-state index >= 15 is 0 Å². The molecule has 4 rings (SSSR count). The van der Waals surface area contributed by atoms with Gasteiger partial charge >= 0.3 is 0 Å². The van der Waals surface area contributed by atoms with Crippen LogP contribution in [0.25, 0.3) is 0 Å². The molecule has 2 bridgehead atoms. The van der Waals surface area contributed by atoms with Crippen LogP contribution < -0.4 is 5.32 Å². The molecule has 0 aromatic carbocycles. The zero-order chi connectivity index (χ0) is 13.6. The summed E-state index contributed by atoms with van der Waals surface area (Å²) in [6.45, 7) is 10.7. The number of hydrogen-bond acceptors (Lipinski definition) is 2. The molecule has 0 aliphatic heterocycles. The first kappa shape index (κ1) is 13.6. The minimum absolute atomic E-state index is 0.607. The molecule has 1 N–H and O–H groups in total. The highest BCUT2D eigenvalue weighted by atomic mass is 32.1. The second-order valence-electron chi connectivity index (χ2n) is 7.16. The van der Waals surface area contributed by atoms with Crippen LogP contribution in [0, 0.1) is 23.2 Å². The number of hydrogen-bond donors (Lipinski definition) is 1. The Morgan fingerprint density at radius 3 is 2.58 bits per heavy atom. The molecular formula is C17H27NS. The Hall–Kier alpha value is -0.340. The first-order chi connectivity index (χ1) is 9.02. The second-order valence-corrected chi connectivity index (χ2v) is 8.42. The zero-order valence-electron chi connectivity index (χ0n) is 12.7. The van der Waals surface area contributed by atoms with Gasteiger partial charge in [0.2, 0.25) is 0 Å². The maximum absolute atomic E-state index is 3.83. The molecule has 106 valence electrons. The van der Waals surface area contributed by atoms with Crippen LogP contribution in [0.15, 0.2) is 12.1 Å². The predicted molar refractivity (Wildman–Crippen MR) is 83.5 cm³/mol. The molecule has 1 nitrogen and oxygen atoms in total. The molecular weight excluding hydrogens is 250 g/mol. The number of thiophene rings is 1. The molecule has 0 amide bonds. The number of rotatable bonds is 4. The summed E-state index contributed by atoms with van der Waals surface area (Å²) < 4.78 is 0. The average molecular weight is 277 g/mol. The molecule has 4 atom stereocenters. The first-order valence-corrected chi connectivity index (χ1v) is 8.65. The van der Waals surface area contributed by atoms with E-state index < -0.39 is 0 Å². The fraction of sp³-hybridized carbons (Fsp3) is 0.765. The molecule has 3 aliphatic carbocycles. The summed E-state index contributed by atoms with van der Waals surface area (Å²) in [5.41, 5.74) is 0.607. The monoisotopic (exact) mass is 277 g/mol. The fourth-order valence-corrected chi connectivity index (χ4v) is 5.27. The van der Waals surface area contributed by atoms with E-state index in [-0.39, 0.29) is 0 Å². The van der Waals surface area contributed by atoms with Crippen LogP contribution in [0.4, 0.5) is 0 Å². The number of nitrogens with one attached hydrogen (secondary N) is 1. The van der Waals surface area contributed by atoms with Gasteiger partial charge in [-0.3, -0.25) is 0 Å². The second kappa shape index (κ2) is 4.89. The topological polar surface area (TPSA) is 12.0 Å². The van der Waals surface area contributed by atoms with Crippen LogP contribution in [0.2, 0.25) is 0 Å². The third kappa shape index (κ3) is 2.27. The van der Waals surface area contributed by atoms with Gasteiger partial charge in [0, 0.05) is 22.3 Å². The minimum atomic E-state index is 0.607. The summed E-state index contributed by atoms with van der Waals surface area (Å²) in [6, 6.07) is 5.32. The smallest absolute Gasteiger partial charge is 0.0302 e. The van der Waals surface area contributed by atoms with Crippen molar-refractivity contribution in [3.63, 3.8) is 0 Å². The van der Waals surface area contributed by atoms with Crippen molar-refractivity contribution >= 4 is 11.3 Å². The Bertz CT molecular complexity index is 448. The van der Waals surface area contributed by atoms with Gasteiger partial charge in [-0.05, 0) is 54.6 Å². The highest BCUT2D eigenvalue weighted by molar-refractivity contribution is 7.11. The van der Waals surface area contributed by atoms with E-state index in [1.165, 1.54) is 29.0 Å². The highest BCUT2D eigenvalue weighted by Crippen LogP contribution is 2.61. The number of aryl methyl sites for hydroxylation is 1. The highest BCUT2D eigenvalue weighted by Gasteiger charge is 2.55. The van der Waals surface area contributed by atoms with Gasteiger partial charge in [-0.15, -0.1) is 11.3 Å². The van der Waals surface area contributed by atoms with Gasteiger partial charge < -0.3 is 5.32 Å².